The minimum atomic E-state index is -4.07. The molecule has 0 unspecified atom stereocenters. The summed E-state index contributed by atoms with van der Waals surface area (Å²) >= 11 is 0. The largest absolute Gasteiger partial charge is 0.465 e. The Hall–Kier alpha value is -3.55. The zero-order valence-corrected chi connectivity index (χ0v) is 23.1. The highest BCUT2D eigenvalue weighted by molar-refractivity contribution is 7.89. The van der Waals surface area contributed by atoms with Crippen molar-refractivity contribution in [3.8, 4) is 17.2 Å². The fourth-order valence-corrected chi connectivity index (χ4v) is 5.60. The first-order valence-electron chi connectivity index (χ1n) is 12.5. The number of hydrogen-bond acceptors (Lipinski definition) is 8. The van der Waals surface area contributed by atoms with Crippen LogP contribution in [0.25, 0.3) is 0 Å². The normalized spacial score (nSPS) is 14.4. The first kappa shape index (κ1) is 30.0. The standard InChI is InChI=1S/C26H35N3O9S/c1-16(2)13-29(39(34,35)20-9-10-23-24(12-20)37-15-36-23)14-22(30)21(28-25(31)32)11-18-5-7-19(8-6-18)38-26(33)27-17(3)4/h5-10,12,16-17,21-22,28,30H,11,13-15H2,1-4H3,(H,27,33)(H,31,32)/t21-,22-/m0/s1. The highest BCUT2D eigenvalue weighted by atomic mass is 32.2. The highest BCUT2D eigenvalue weighted by Gasteiger charge is 2.32. The maximum Gasteiger partial charge on any atom is 0.412 e. The smallest absolute Gasteiger partial charge is 0.412 e. The van der Waals surface area contributed by atoms with Gasteiger partial charge in [-0.15, -0.1) is 0 Å². The highest BCUT2D eigenvalue weighted by Crippen LogP contribution is 2.35. The molecule has 0 spiro atoms. The second-order valence-corrected chi connectivity index (χ2v) is 11.8. The van der Waals surface area contributed by atoms with E-state index >= 15 is 0 Å². The van der Waals surface area contributed by atoms with Crippen molar-refractivity contribution < 1.29 is 42.4 Å². The van der Waals surface area contributed by atoms with Crippen LogP contribution in [0.3, 0.4) is 0 Å². The zero-order valence-electron chi connectivity index (χ0n) is 22.3. The molecule has 2 aromatic carbocycles. The van der Waals surface area contributed by atoms with Gasteiger partial charge in [0.1, 0.15) is 5.75 Å². The number of benzene rings is 2. The van der Waals surface area contributed by atoms with E-state index in [9.17, 15) is 28.2 Å². The van der Waals surface area contributed by atoms with E-state index in [0.717, 1.165) is 4.31 Å². The molecule has 0 aliphatic carbocycles. The summed E-state index contributed by atoms with van der Waals surface area (Å²) in [6.45, 7) is 7.02. The van der Waals surface area contributed by atoms with Gasteiger partial charge in [0.2, 0.25) is 16.8 Å². The molecule has 3 rings (SSSR count). The minimum absolute atomic E-state index is 0.00591. The summed E-state index contributed by atoms with van der Waals surface area (Å²) in [5.41, 5.74) is 0.637. The maximum absolute atomic E-state index is 13.5. The molecular weight excluding hydrogens is 530 g/mol. The van der Waals surface area contributed by atoms with Crippen molar-refractivity contribution in [2.45, 2.75) is 57.2 Å². The van der Waals surface area contributed by atoms with Crippen LogP contribution in [0.1, 0.15) is 33.3 Å². The van der Waals surface area contributed by atoms with E-state index in [2.05, 4.69) is 10.6 Å². The van der Waals surface area contributed by atoms with Gasteiger partial charge in [0.15, 0.2) is 11.5 Å². The van der Waals surface area contributed by atoms with Gasteiger partial charge in [-0.2, -0.15) is 4.31 Å². The molecule has 0 saturated heterocycles. The van der Waals surface area contributed by atoms with Crippen LogP contribution >= 0.6 is 0 Å². The Balaban J connectivity index is 1.77. The molecular formula is C26H35N3O9S. The van der Waals surface area contributed by atoms with E-state index in [0.29, 0.717) is 17.1 Å². The molecule has 0 radical (unpaired) electrons. The summed E-state index contributed by atoms with van der Waals surface area (Å²) in [7, 11) is -4.07. The Morgan fingerprint density at radius 2 is 1.67 bits per heavy atom. The van der Waals surface area contributed by atoms with Crippen molar-refractivity contribution in [3.63, 3.8) is 0 Å². The van der Waals surface area contributed by atoms with E-state index in [4.69, 9.17) is 14.2 Å². The third-order valence-corrected chi connectivity index (χ3v) is 7.54. The Morgan fingerprint density at radius 3 is 2.28 bits per heavy atom. The number of amides is 2. The van der Waals surface area contributed by atoms with Gasteiger partial charge in [0, 0.05) is 25.2 Å². The van der Waals surface area contributed by atoms with Gasteiger partial charge in [-0.05, 0) is 56.0 Å². The average Bonchev–Trinajstić information content (AvgIpc) is 3.31. The third-order valence-electron chi connectivity index (χ3n) is 5.71. The van der Waals surface area contributed by atoms with Crippen LogP contribution in [-0.2, 0) is 16.4 Å². The topological polar surface area (TPSA) is 164 Å². The van der Waals surface area contributed by atoms with Crippen LogP contribution in [-0.4, -0.2) is 73.2 Å². The number of sulfonamides is 1. The number of carbonyl (C=O) groups excluding carboxylic acids is 1. The zero-order chi connectivity index (χ0) is 28.7. The molecule has 1 heterocycles. The van der Waals surface area contributed by atoms with Crippen LogP contribution in [0.4, 0.5) is 9.59 Å². The second kappa shape index (κ2) is 13.0. The lowest BCUT2D eigenvalue weighted by atomic mass is 10.0. The number of nitrogens with one attached hydrogen (secondary N) is 2. The van der Waals surface area contributed by atoms with Gasteiger partial charge in [0.05, 0.1) is 17.0 Å². The molecule has 0 saturated carbocycles. The lowest BCUT2D eigenvalue weighted by molar-refractivity contribution is 0.0980. The first-order chi connectivity index (χ1) is 18.3. The molecule has 2 aromatic rings. The maximum atomic E-state index is 13.5. The molecule has 39 heavy (non-hydrogen) atoms. The van der Waals surface area contributed by atoms with Crippen molar-refractivity contribution in [1.82, 2.24) is 14.9 Å². The number of fused-ring (bicyclic) bond motifs is 1. The Bertz CT molecular complexity index is 1250. The van der Waals surface area contributed by atoms with Gasteiger partial charge >= 0.3 is 12.2 Å². The van der Waals surface area contributed by atoms with Crippen molar-refractivity contribution in [2.24, 2.45) is 5.92 Å². The summed E-state index contributed by atoms with van der Waals surface area (Å²) in [4.78, 5) is 23.3. The summed E-state index contributed by atoms with van der Waals surface area (Å²) in [6, 6.07) is 9.53. The van der Waals surface area contributed by atoms with Crippen LogP contribution in [0.5, 0.6) is 17.2 Å². The number of aliphatic hydroxyl groups is 1. The predicted molar refractivity (Wildman–Crippen MR) is 142 cm³/mol. The minimum Gasteiger partial charge on any atom is -0.465 e. The van der Waals surface area contributed by atoms with Gasteiger partial charge in [-0.25, -0.2) is 18.0 Å². The molecule has 1 aliphatic rings. The summed E-state index contributed by atoms with van der Waals surface area (Å²) in [6.07, 6.45) is -3.28. The number of nitrogens with zero attached hydrogens (tertiary/aromatic N) is 1. The van der Waals surface area contributed by atoms with Gasteiger partial charge in [-0.1, -0.05) is 26.0 Å². The molecule has 0 aromatic heterocycles. The number of aliphatic hydroxyl groups excluding tert-OH is 1. The number of carbonyl (C=O) groups is 2. The van der Waals surface area contributed by atoms with Gasteiger partial charge in [-0.3, -0.25) is 0 Å². The predicted octanol–water partition coefficient (Wildman–Crippen LogP) is 2.80. The number of ether oxygens (including phenoxy) is 3. The molecule has 12 nitrogen and oxygen atoms in total. The third kappa shape index (κ3) is 8.47. The van der Waals surface area contributed by atoms with E-state index in [1.807, 2.05) is 13.8 Å². The average molecular weight is 566 g/mol. The monoisotopic (exact) mass is 565 g/mol. The van der Waals surface area contributed by atoms with Crippen LogP contribution in [0, 0.1) is 5.92 Å². The van der Waals surface area contributed by atoms with Crippen LogP contribution in [0.2, 0.25) is 0 Å². The van der Waals surface area contributed by atoms with Crippen molar-refractivity contribution in [3.05, 3.63) is 48.0 Å². The summed E-state index contributed by atoms with van der Waals surface area (Å²) in [5.74, 6) is 0.957. The van der Waals surface area contributed by atoms with Crippen molar-refractivity contribution >= 4 is 22.2 Å². The Morgan fingerprint density at radius 1 is 1.00 bits per heavy atom. The fourth-order valence-electron chi connectivity index (χ4n) is 3.96. The van der Waals surface area contributed by atoms with Crippen LogP contribution in [0.15, 0.2) is 47.4 Å². The molecule has 2 atom stereocenters. The van der Waals surface area contributed by atoms with Gasteiger partial charge in [0.25, 0.3) is 0 Å². The molecule has 4 N–H and O–H groups in total. The van der Waals surface area contributed by atoms with Crippen molar-refractivity contribution in [1.29, 1.82) is 0 Å². The Labute approximate surface area is 227 Å². The fraction of sp³-hybridized carbons (Fsp3) is 0.462. The van der Waals surface area contributed by atoms with Crippen molar-refractivity contribution in [2.75, 3.05) is 19.9 Å². The van der Waals surface area contributed by atoms with E-state index in [-0.39, 0.29) is 48.9 Å². The van der Waals surface area contributed by atoms with Gasteiger partial charge < -0.3 is 35.1 Å². The molecule has 13 heteroatoms. The molecule has 2 amide bonds. The summed E-state index contributed by atoms with van der Waals surface area (Å²) in [5, 5.41) is 25.4. The molecule has 0 fully saturated rings. The van der Waals surface area contributed by atoms with E-state index < -0.39 is 34.4 Å². The second-order valence-electron chi connectivity index (χ2n) is 9.89. The quantitative estimate of drug-likeness (QED) is 0.303. The lowest BCUT2D eigenvalue weighted by Crippen LogP contribution is -2.50. The number of rotatable bonds is 12. The molecule has 0 bridgehead atoms. The first-order valence-corrected chi connectivity index (χ1v) is 13.9. The number of carboxylic acid groups (broad SMARTS) is 1. The van der Waals surface area contributed by atoms with Crippen LogP contribution < -0.4 is 24.8 Å². The Kier molecular flexibility index (Phi) is 10.0. The van der Waals surface area contributed by atoms with E-state index in [1.165, 1.54) is 18.2 Å². The number of hydrogen-bond donors (Lipinski definition) is 4. The SMILES string of the molecule is CC(C)CN(C[C@H](O)[C@H](Cc1ccc(OC(=O)NC(C)C)cc1)NC(=O)O)S(=O)(=O)c1ccc2c(c1)OCO2. The molecule has 214 valence electrons. The lowest BCUT2D eigenvalue weighted by Gasteiger charge is -2.30. The summed E-state index contributed by atoms with van der Waals surface area (Å²) < 4.78 is 44.0. The van der Waals surface area contributed by atoms with E-state index in [1.54, 1.807) is 38.1 Å². The molecule has 1 aliphatic heterocycles.